The molecule has 5 rings (SSSR count). The number of fused-ring (bicyclic) bond motifs is 1. The number of rotatable bonds is 5. The molecule has 2 heterocycles. The van der Waals surface area contributed by atoms with Crippen LogP contribution in [0.3, 0.4) is 0 Å². The molecular weight excluding hydrogens is 414 g/mol. The maximum atomic E-state index is 10.8. The minimum Gasteiger partial charge on any atom is -0.497 e. The van der Waals surface area contributed by atoms with Crippen molar-refractivity contribution < 1.29 is 19.7 Å². The van der Waals surface area contributed by atoms with Crippen LogP contribution in [0, 0.1) is 0 Å². The van der Waals surface area contributed by atoms with E-state index in [0.717, 1.165) is 54.1 Å². The Labute approximate surface area is 195 Å². The summed E-state index contributed by atoms with van der Waals surface area (Å²) < 4.78 is 11.8. The molecule has 0 aliphatic carbocycles. The molecule has 0 saturated carbocycles. The molecule has 2 aliphatic rings. The number of piperidine rings is 1. The summed E-state index contributed by atoms with van der Waals surface area (Å²) in [6.07, 6.45) is 1.18. The number of β-amino-alcohol motifs (C(OH)–C–C–N with tert-alkyl or cyclic N) is 1. The third-order valence-corrected chi connectivity index (χ3v) is 7.07. The molecule has 172 valence electrons. The lowest BCUT2D eigenvalue weighted by atomic mass is 9.81. The van der Waals surface area contributed by atoms with Crippen molar-refractivity contribution in [3.05, 3.63) is 83.9 Å². The Morgan fingerprint density at radius 3 is 2.39 bits per heavy atom. The number of aliphatic hydroxyl groups excluding tert-OH is 2. The van der Waals surface area contributed by atoms with Gasteiger partial charge in [0.1, 0.15) is 17.1 Å². The fraction of sp³-hybridized carbons (Fsp3) is 0.357. The van der Waals surface area contributed by atoms with Crippen molar-refractivity contribution in [3.63, 3.8) is 0 Å². The second kappa shape index (κ2) is 9.18. The van der Waals surface area contributed by atoms with Crippen LogP contribution in [0.25, 0.3) is 11.1 Å². The van der Waals surface area contributed by atoms with Gasteiger partial charge in [-0.15, -0.1) is 0 Å². The number of hydrogen-bond donors (Lipinski definition) is 2. The first-order chi connectivity index (χ1) is 16.0. The monoisotopic (exact) mass is 445 g/mol. The largest absolute Gasteiger partial charge is 0.497 e. The topological polar surface area (TPSA) is 62.2 Å². The summed E-state index contributed by atoms with van der Waals surface area (Å²) in [5, 5.41) is 21.6. The molecule has 0 bridgehead atoms. The molecule has 0 unspecified atom stereocenters. The lowest BCUT2D eigenvalue weighted by Gasteiger charge is -2.46. The van der Waals surface area contributed by atoms with Crippen LogP contribution >= 0.6 is 0 Å². The van der Waals surface area contributed by atoms with E-state index in [1.165, 1.54) is 5.56 Å². The third kappa shape index (κ3) is 4.62. The van der Waals surface area contributed by atoms with Gasteiger partial charge in [0.05, 0.1) is 19.3 Å². The molecule has 1 fully saturated rings. The molecule has 2 aliphatic heterocycles. The zero-order valence-electron chi connectivity index (χ0n) is 19.0. The molecule has 3 aromatic carbocycles. The van der Waals surface area contributed by atoms with Gasteiger partial charge < -0.3 is 24.6 Å². The zero-order valence-corrected chi connectivity index (χ0v) is 19.0. The highest BCUT2D eigenvalue weighted by molar-refractivity contribution is 5.63. The number of aliphatic hydroxyl groups is 2. The molecule has 0 aromatic heterocycles. The summed E-state index contributed by atoms with van der Waals surface area (Å²) in [5.41, 5.74) is 3.72. The van der Waals surface area contributed by atoms with Crippen molar-refractivity contribution >= 4 is 0 Å². The van der Waals surface area contributed by atoms with Gasteiger partial charge in [-0.1, -0.05) is 54.6 Å². The molecule has 0 radical (unpaired) electrons. The molecule has 1 saturated heterocycles. The van der Waals surface area contributed by atoms with E-state index in [-0.39, 0.29) is 5.60 Å². The Morgan fingerprint density at radius 1 is 1.00 bits per heavy atom. The Bertz CT molecular complexity index is 1070. The van der Waals surface area contributed by atoms with Gasteiger partial charge >= 0.3 is 0 Å². The fourth-order valence-electron chi connectivity index (χ4n) is 5.07. The molecule has 2 N–H and O–H groups in total. The van der Waals surface area contributed by atoms with Crippen LogP contribution in [0.1, 0.15) is 42.6 Å². The molecule has 5 nitrogen and oxygen atoms in total. The van der Waals surface area contributed by atoms with Gasteiger partial charge in [-0.25, -0.2) is 0 Å². The lowest BCUT2D eigenvalue weighted by molar-refractivity contribution is -0.0588. The van der Waals surface area contributed by atoms with Crippen LogP contribution in [0.2, 0.25) is 0 Å². The maximum absolute atomic E-state index is 10.8. The smallest absolute Gasteiger partial charge is 0.129 e. The fourth-order valence-corrected chi connectivity index (χ4v) is 5.07. The maximum Gasteiger partial charge on any atom is 0.129 e. The first-order valence-electron chi connectivity index (χ1n) is 11.7. The van der Waals surface area contributed by atoms with Crippen LogP contribution in [-0.4, -0.2) is 47.5 Å². The summed E-state index contributed by atoms with van der Waals surface area (Å²) in [7, 11) is 1.63. The van der Waals surface area contributed by atoms with Gasteiger partial charge in [-0.3, -0.25) is 0 Å². The molecule has 1 spiro atoms. The Morgan fingerprint density at radius 2 is 1.70 bits per heavy atom. The van der Waals surface area contributed by atoms with Crippen molar-refractivity contribution in [2.45, 2.75) is 37.1 Å². The Hall–Kier alpha value is -2.86. The molecule has 3 aromatic rings. The number of ether oxygens (including phenoxy) is 2. The summed E-state index contributed by atoms with van der Waals surface area (Å²) in [4.78, 5) is 2.29. The standard InChI is InChI=1S/C28H31NO4/c1-32-23-11-12-24-25(30)18-28(33-27(24)17-23)13-15-29(16-14-28)19-26(31)22-9-7-21(8-10-22)20-5-3-2-4-6-20/h2-12,17,25-26,30-31H,13-16,18-19H2,1H3/t25-,26-/m1/s1. The average molecular weight is 446 g/mol. The molecule has 0 amide bonds. The van der Waals surface area contributed by atoms with E-state index in [1.807, 2.05) is 48.5 Å². The molecular formula is C28H31NO4. The number of likely N-dealkylation sites (tertiary alicyclic amines) is 1. The second-order valence-electron chi connectivity index (χ2n) is 9.21. The van der Waals surface area contributed by atoms with Crippen LogP contribution < -0.4 is 9.47 Å². The summed E-state index contributed by atoms with van der Waals surface area (Å²) >= 11 is 0. The predicted molar refractivity (Wildman–Crippen MR) is 128 cm³/mol. The van der Waals surface area contributed by atoms with Crippen LogP contribution in [0.15, 0.2) is 72.8 Å². The van der Waals surface area contributed by atoms with E-state index in [9.17, 15) is 10.2 Å². The van der Waals surface area contributed by atoms with E-state index in [2.05, 4.69) is 29.2 Å². The van der Waals surface area contributed by atoms with Crippen molar-refractivity contribution in [3.8, 4) is 22.6 Å². The summed E-state index contributed by atoms with van der Waals surface area (Å²) in [6, 6.07) is 24.1. The lowest BCUT2D eigenvalue weighted by Crippen LogP contribution is -2.51. The highest BCUT2D eigenvalue weighted by Gasteiger charge is 2.43. The van der Waals surface area contributed by atoms with Gasteiger partial charge in [0.15, 0.2) is 0 Å². The van der Waals surface area contributed by atoms with Crippen molar-refractivity contribution in [1.29, 1.82) is 0 Å². The molecule has 5 heteroatoms. The quantitative estimate of drug-likeness (QED) is 0.594. The molecule has 33 heavy (non-hydrogen) atoms. The normalized spacial score (nSPS) is 20.6. The van der Waals surface area contributed by atoms with Gasteiger partial charge in [-0.2, -0.15) is 0 Å². The minimum atomic E-state index is -0.535. The Kier molecular flexibility index (Phi) is 6.11. The third-order valence-electron chi connectivity index (χ3n) is 7.07. The van der Waals surface area contributed by atoms with Gasteiger partial charge in [0.25, 0.3) is 0 Å². The predicted octanol–water partition coefficient (Wildman–Crippen LogP) is 4.75. The number of benzene rings is 3. The highest BCUT2D eigenvalue weighted by Crippen LogP contribution is 2.45. The summed E-state index contributed by atoms with van der Waals surface area (Å²) in [6.45, 7) is 2.24. The van der Waals surface area contributed by atoms with Crippen molar-refractivity contribution in [1.82, 2.24) is 4.90 Å². The molecule has 2 atom stereocenters. The number of hydrogen-bond acceptors (Lipinski definition) is 5. The first kappa shape index (κ1) is 22.0. The van der Waals surface area contributed by atoms with E-state index in [1.54, 1.807) is 7.11 Å². The van der Waals surface area contributed by atoms with Crippen LogP contribution in [-0.2, 0) is 0 Å². The second-order valence-corrected chi connectivity index (χ2v) is 9.21. The van der Waals surface area contributed by atoms with E-state index >= 15 is 0 Å². The summed E-state index contributed by atoms with van der Waals surface area (Å²) in [5.74, 6) is 1.46. The highest BCUT2D eigenvalue weighted by atomic mass is 16.5. The average Bonchev–Trinajstić information content (AvgIpc) is 2.86. The number of nitrogens with zero attached hydrogens (tertiary/aromatic N) is 1. The van der Waals surface area contributed by atoms with Gasteiger partial charge in [-0.05, 0) is 41.7 Å². The number of methoxy groups -OCH3 is 1. The van der Waals surface area contributed by atoms with E-state index < -0.39 is 12.2 Å². The van der Waals surface area contributed by atoms with Gasteiger partial charge in [0.2, 0.25) is 0 Å². The van der Waals surface area contributed by atoms with Gasteiger partial charge in [0, 0.05) is 37.7 Å². The van der Waals surface area contributed by atoms with E-state index in [4.69, 9.17) is 9.47 Å². The first-order valence-corrected chi connectivity index (χ1v) is 11.7. The van der Waals surface area contributed by atoms with Crippen LogP contribution in [0.4, 0.5) is 0 Å². The van der Waals surface area contributed by atoms with E-state index in [0.29, 0.717) is 13.0 Å². The zero-order chi connectivity index (χ0) is 22.8. The van der Waals surface area contributed by atoms with Crippen LogP contribution in [0.5, 0.6) is 11.5 Å². The SMILES string of the molecule is COc1ccc2c(c1)OC1(CCN(C[C@@H](O)c3ccc(-c4ccccc4)cc3)CC1)C[C@H]2O. The minimum absolute atomic E-state index is 0.364. The van der Waals surface area contributed by atoms with Crippen molar-refractivity contribution in [2.75, 3.05) is 26.7 Å². The van der Waals surface area contributed by atoms with Crippen molar-refractivity contribution in [2.24, 2.45) is 0 Å². The Balaban J connectivity index is 1.20.